The van der Waals surface area contributed by atoms with Crippen LogP contribution in [0.4, 0.5) is 10.5 Å². The number of hydrogen-bond donors (Lipinski definition) is 3. The second kappa shape index (κ2) is 6.24. The number of methoxy groups -OCH3 is 1. The molecule has 4 N–H and O–H groups in total. The summed E-state index contributed by atoms with van der Waals surface area (Å²) in [5.41, 5.74) is 7.48. The summed E-state index contributed by atoms with van der Waals surface area (Å²) < 4.78 is 4.99. The number of hydrazone groups is 1. The third-order valence-electron chi connectivity index (χ3n) is 2.01. The fourth-order valence-corrected chi connectivity index (χ4v) is 1.09. The number of amides is 3. The lowest BCUT2D eigenvalue weighted by molar-refractivity contribution is -0.110. The molecule has 0 unspecified atom stereocenters. The van der Waals surface area contributed by atoms with Crippen LogP contribution in [0.2, 0.25) is 0 Å². The number of urea groups is 1. The maximum Gasteiger partial charge on any atom is 0.332 e. The normalized spacial score (nSPS) is 10.7. The van der Waals surface area contributed by atoms with Crippen LogP contribution < -0.4 is 21.2 Å². The summed E-state index contributed by atoms with van der Waals surface area (Å²) >= 11 is 0. The number of anilines is 1. The second-order valence-electron chi connectivity index (χ2n) is 3.36. The maximum absolute atomic E-state index is 11.6. The highest BCUT2D eigenvalue weighted by Gasteiger charge is 2.06. The van der Waals surface area contributed by atoms with Gasteiger partial charge in [0.25, 0.3) is 5.91 Å². The fraction of sp³-hybridized carbons (Fsp3) is 0.182. The number of primary amides is 1. The van der Waals surface area contributed by atoms with Crippen LogP contribution in [0, 0.1) is 0 Å². The van der Waals surface area contributed by atoms with Crippen molar-refractivity contribution in [1.82, 2.24) is 5.43 Å². The van der Waals surface area contributed by atoms with Gasteiger partial charge in [0.2, 0.25) is 0 Å². The Morgan fingerprint density at radius 1 is 1.28 bits per heavy atom. The zero-order chi connectivity index (χ0) is 13.5. The average Bonchev–Trinajstić information content (AvgIpc) is 2.36. The summed E-state index contributed by atoms with van der Waals surface area (Å²) in [7, 11) is 1.56. The molecular formula is C11H14N4O3. The smallest absolute Gasteiger partial charge is 0.332 e. The third-order valence-corrected chi connectivity index (χ3v) is 2.01. The molecule has 7 heteroatoms. The van der Waals surface area contributed by atoms with Gasteiger partial charge in [-0.25, -0.2) is 10.2 Å². The van der Waals surface area contributed by atoms with E-state index in [1.165, 1.54) is 6.92 Å². The quantitative estimate of drug-likeness (QED) is 0.540. The number of carbonyl (C=O) groups excluding carboxylic acids is 2. The Labute approximate surface area is 104 Å². The monoisotopic (exact) mass is 250 g/mol. The maximum atomic E-state index is 11.6. The van der Waals surface area contributed by atoms with Gasteiger partial charge >= 0.3 is 6.03 Å². The van der Waals surface area contributed by atoms with E-state index in [2.05, 4.69) is 10.4 Å². The lowest BCUT2D eigenvalue weighted by atomic mass is 10.3. The van der Waals surface area contributed by atoms with Gasteiger partial charge < -0.3 is 15.8 Å². The highest BCUT2D eigenvalue weighted by molar-refractivity contribution is 6.42. The molecule has 0 spiro atoms. The Hall–Kier alpha value is -2.57. The molecule has 7 nitrogen and oxygen atoms in total. The van der Waals surface area contributed by atoms with E-state index in [4.69, 9.17) is 10.5 Å². The molecule has 0 fully saturated rings. The minimum absolute atomic E-state index is 0.0876. The zero-order valence-electron chi connectivity index (χ0n) is 10.1. The molecule has 0 saturated carbocycles. The summed E-state index contributed by atoms with van der Waals surface area (Å²) in [4.78, 5) is 22.0. The van der Waals surface area contributed by atoms with Gasteiger partial charge in [-0.3, -0.25) is 4.79 Å². The second-order valence-corrected chi connectivity index (χ2v) is 3.36. The molecule has 0 aliphatic rings. The molecule has 0 atom stereocenters. The van der Waals surface area contributed by atoms with E-state index in [9.17, 15) is 9.59 Å². The van der Waals surface area contributed by atoms with E-state index < -0.39 is 11.9 Å². The molecule has 0 aliphatic heterocycles. The van der Waals surface area contributed by atoms with E-state index >= 15 is 0 Å². The van der Waals surface area contributed by atoms with Crippen molar-refractivity contribution in [2.45, 2.75) is 6.92 Å². The number of nitrogens with zero attached hydrogens (tertiary/aromatic N) is 1. The van der Waals surface area contributed by atoms with Crippen LogP contribution in [0.15, 0.2) is 29.4 Å². The van der Waals surface area contributed by atoms with Crippen molar-refractivity contribution in [2.24, 2.45) is 10.8 Å². The molecule has 1 aromatic rings. The number of benzene rings is 1. The standard InChI is InChI=1S/C11H14N4O3/c1-7(14-15-11(12)17)10(16)13-8-3-5-9(18-2)6-4-8/h3-6H,1-2H3,(H,13,16)(H3,12,15,17). The molecule has 1 aromatic carbocycles. The van der Waals surface area contributed by atoms with Gasteiger partial charge in [-0.15, -0.1) is 0 Å². The summed E-state index contributed by atoms with van der Waals surface area (Å²) in [5.74, 6) is 0.252. The third kappa shape index (κ3) is 4.12. The van der Waals surface area contributed by atoms with Crippen LogP contribution in [0.25, 0.3) is 0 Å². The first kappa shape index (κ1) is 13.5. The van der Waals surface area contributed by atoms with Gasteiger partial charge in [-0.05, 0) is 31.2 Å². The van der Waals surface area contributed by atoms with E-state index in [1.807, 2.05) is 5.43 Å². The molecule has 3 amide bonds. The first-order valence-corrected chi connectivity index (χ1v) is 5.08. The van der Waals surface area contributed by atoms with Crippen molar-refractivity contribution in [1.29, 1.82) is 0 Å². The number of rotatable bonds is 4. The minimum atomic E-state index is -0.827. The van der Waals surface area contributed by atoms with Crippen molar-refractivity contribution >= 4 is 23.3 Å². The van der Waals surface area contributed by atoms with Crippen LogP contribution in [-0.2, 0) is 4.79 Å². The zero-order valence-corrected chi connectivity index (χ0v) is 10.1. The molecule has 1 rings (SSSR count). The molecule has 0 heterocycles. The van der Waals surface area contributed by atoms with Gasteiger partial charge in [0.05, 0.1) is 7.11 Å². The summed E-state index contributed by atoms with van der Waals surface area (Å²) in [6.07, 6.45) is 0. The molecular weight excluding hydrogens is 236 g/mol. The Morgan fingerprint density at radius 2 is 1.89 bits per heavy atom. The number of hydrogen-bond acceptors (Lipinski definition) is 4. The van der Waals surface area contributed by atoms with E-state index in [1.54, 1.807) is 31.4 Å². The Bertz CT molecular complexity index is 468. The highest BCUT2D eigenvalue weighted by atomic mass is 16.5. The minimum Gasteiger partial charge on any atom is -0.497 e. The lowest BCUT2D eigenvalue weighted by Gasteiger charge is -2.05. The number of nitrogens with two attached hydrogens (primary N) is 1. The molecule has 0 aromatic heterocycles. The number of ether oxygens (including phenoxy) is 1. The molecule has 0 bridgehead atoms. The first-order valence-electron chi connectivity index (χ1n) is 5.08. The van der Waals surface area contributed by atoms with Crippen LogP contribution in [0.3, 0.4) is 0 Å². The van der Waals surface area contributed by atoms with Crippen LogP contribution in [0.1, 0.15) is 6.92 Å². The SMILES string of the molecule is COc1ccc(NC(=O)C(C)=NNC(N)=O)cc1. The lowest BCUT2D eigenvalue weighted by Crippen LogP contribution is -2.28. The Morgan fingerprint density at radius 3 is 2.39 bits per heavy atom. The van der Waals surface area contributed by atoms with Crippen molar-refractivity contribution in [2.75, 3.05) is 12.4 Å². The Balaban J connectivity index is 2.63. The van der Waals surface area contributed by atoms with Crippen molar-refractivity contribution in [3.05, 3.63) is 24.3 Å². The highest BCUT2D eigenvalue weighted by Crippen LogP contribution is 2.14. The fourth-order valence-electron chi connectivity index (χ4n) is 1.09. The van der Waals surface area contributed by atoms with Gasteiger partial charge in [0.1, 0.15) is 11.5 Å². The summed E-state index contributed by atoms with van der Waals surface area (Å²) in [6, 6.07) is 5.97. The van der Waals surface area contributed by atoms with Crippen molar-refractivity contribution < 1.29 is 14.3 Å². The predicted molar refractivity (Wildman–Crippen MR) is 67.5 cm³/mol. The summed E-state index contributed by atoms with van der Waals surface area (Å²) in [5, 5.41) is 6.11. The Kier molecular flexibility index (Phi) is 4.67. The number of carbonyl (C=O) groups is 2. The van der Waals surface area contributed by atoms with E-state index in [0.29, 0.717) is 11.4 Å². The van der Waals surface area contributed by atoms with E-state index in [0.717, 1.165) is 0 Å². The van der Waals surface area contributed by atoms with Crippen LogP contribution >= 0.6 is 0 Å². The van der Waals surface area contributed by atoms with Crippen LogP contribution in [0.5, 0.6) is 5.75 Å². The summed E-state index contributed by atoms with van der Waals surface area (Å²) in [6.45, 7) is 1.45. The van der Waals surface area contributed by atoms with Gasteiger partial charge in [-0.2, -0.15) is 5.10 Å². The van der Waals surface area contributed by atoms with Gasteiger partial charge in [0, 0.05) is 5.69 Å². The van der Waals surface area contributed by atoms with Crippen LogP contribution in [-0.4, -0.2) is 24.8 Å². The molecule has 0 saturated heterocycles. The van der Waals surface area contributed by atoms with Gasteiger partial charge in [0.15, 0.2) is 0 Å². The van der Waals surface area contributed by atoms with Crippen molar-refractivity contribution in [3.63, 3.8) is 0 Å². The van der Waals surface area contributed by atoms with Crippen molar-refractivity contribution in [3.8, 4) is 5.75 Å². The molecule has 0 aliphatic carbocycles. The topological polar surface area (TPSA) is 106 Å². The first-order chi connectivity index (χ1) is 8.52. The van der Waals surface area contributed by atoms with E-state index in [-0.39, 0.29) is 5.71 Å². The molecule has 0 radical (unpaired) electrons. The average molecular weight is 250 g/mol. The van der Waals surface area contributed by atoms with Gasteiger partial charge in [-0.1, -0.05) is 0 Å². The molecule has 18 heavy (non-hydrogen) atoms. The largest absolute Gasteiger partial charge is 0.497 e. The molecule has 96 valence electrons. The predicted octanol–water partition coefficient (Wildman–Crippen LogP) is 0.678. The number of nitrogens with one attached hydrogen (secondary N) is 2.